The summed E-state index contributed by atoms with van der Waals surface area (Å²) in [5, 5.41) is 4.17. The summed E-state index contributed by atoms with van der Waals surface area (Å²) in [6.07, 6.45) is 2.02. The average Bonchev–Trinajstić information content (AvgIpc) is 2.42. The number of nitrogens with zero attached hydrogens (tertiary/aromatic N) is 1. The van der Waals surface area contributed by atoms with Gasteiger partial charge in [0.05, 0.1) is 16.0 Å². The first-order valence-corrected chi connectivity index (χ1v) is 8.18. The molecule has 0 aliphatic carbocycles. The van der Waals surface area contributed by atoms with Crippen molar-refractivity contribution in [3.63, 3.8) is 0 Å². The molecule has 1 saturated heterocycles. The Morgan fingerprint density at radius 1 is 1.38 bits per heavy atom. The van der Waals surface area contributed by atoms with Crippen LogP contribution in [-0.2, 0) is 11.3 Å². The molecule has 1 aromatic carbocycles. The van der Waals surface area contributed by atoms with Crippen molar-refractivity contribution in [1.82, 2.24) is 10.2 Å². The molecule has 1 atom stereocenters. The van der Waals surface area contributed by atoms with Crippen molar-refractivity contribution in [1.29, 1.82) is 0 Å². The average molecular weight is 329 g/mol. The van der Waals surface area contributed by atoms with Crippen molar-refractivity contribution in [2.45, 2.75) is 39.3 Å². The zero-order valence-corrected chi connectivity index (χ0v) is 14.0. The summed E-state index contributed by atoms with van der Waals surface area (Å²) >= 11 is 12.0. The molecule has 0 saturated carbocycles. The highest BCUT2D eigenvalue weighted by molar-refractivity contribution is 6.42. The minimum Gasteiger partial charge on any atom is -0.354 e. The molecule has 116 valence electrons. The number of piperidine rings is 1. The van der Waals surface area contributed by atoms with Gasteiger partial charge in [-0.3, -0.25) is 9.69 Å². The number of carbonyl (C=O) groups is 1. The molecule has 5 heteroatoms. The molecule has 3 nitrogen and oxygen atoms in total. The highest BCUT2D eigenvalue weighted by atomic mass is 35.5. The second-order valence-electron chi connectivity index (χ2n) is 5.99. The molecule has 1 unspecified atom stereocenters. The Kier molecular flexibility index (Phi) is 5.91. The van der Waals surface area contributed by atoms with Gasteiger partial charge in [0, 0.05) is 19.1 Å². The van der Waals surface area contributed by atoms with Gasteiger partial charge in [0.15, 0.2) is 0 Å². The lowest BCUT2D eigenvalue weighted by Crippen LogP contribution is -2.44. The van der Waals surface area contributed by atoms with Crippen LogP contribution in [0.15, 0.2) is 18.2 Å². The predicted octanol–water partition coefficient (Wildman–Crippen LogP) is 3.73. The second kappa shape index (κ2) is 7.48. The molecule has 1 fully saturated rings. The van der Waals surface area contributed by atoms with Crippen LogP contribution in [0.3, 0.4) is 0 Å². The molecule has 2 rings (SSSR count). The van der Waals surface area contributed by atoms with E-state index in [1.165, 1.54) is 0 Å². The third-order valence-corrected chi connectivity index (χ3v) is 4.44. The number of hydrogen-bond acceptors (Lipinski definition) is 2. The van der Waals surface area contributed by atoms with Crippen molar-refractivity contribution in [2.75, 3.05) is 13.1 Å². The van der Waals surface area contributed by atoms with Gasteiger partial charge in [-0.25, -0.2) is 0 Å². The Balaban J connectivity index is 1.94. The van der Waals surface area contributed by atoms with Crippen LogP contribution in [-0.4, -0.2) is 29.9 Å². The SMILES string of the molecule is CC(C)NC(=O)C1CCCN(Cc2ccc(Cl)c(Cl)c2)C1. The highest BCUT2D eigenvalue weighted by Gasteiger charge is 2.26. The van der Waals surface area contributed by atoms with E-state index in [0.29, 0.717) is 10.0 Å². The number of halogens is 2. The molecule has 1 N–H and O–H groups in total. The van der Waals surface area contributed by atoms with E-state index in [4.69, 9.17) is 23.2 Å². The van der Waals surface area contributed by atoms with E-state index < -0.39 is 0 Å². The van der Waals surface area contributed by atoms with Gasteiger partial charge in [0.25, 0.3) is 0 Å². The number of carbonyl (C=O) groups excluding carboxylic acids is 1. The summed E-state index contributed by atoms with van der Waals surface area (Å²) in [5.41, 5.74) is 1.13. The van der Waals surface area contributed by atoms with Gasteiger partial charge in [-0.2, -0.15) is 0 Å². The van der Waals surface area contributed by atoms with Crippen molar-refractivity contribution in [3.05, 3.63) is 33.8 Å². The van der Waals surface area contributed by atoms with E-state index in [0.717, 1.165) is 38.0 Å². The van der Waals surface area contributed by atoms with Crippen LogP contribution in [0.25, 0.3) is 0 Å². The number of amides is 1. The predicted molar refractivity (Wildman–Crippen MR) is 87.7 cm³/mol. The minimum atomic E-state index is 0.0870. The van der Waals surface area contributed by atoms with E-state index in [9.17, 15) is 4.79 Å². The van der Waals surface area contributed by atoms with Crippen LogP contribution in [0.5, 0.6) is 0 Å². The standard InChI is InChI=1S/C16H22Cl2N2O/c1-11(2)19-16(21)13-4-3-7-20(10-13)9-12-5-6-14(17)15(18)8-12/h5-6,8,11,13H,3-4,7,9-10H2,1-2H3,(H,19,21). The quantitative estimate of drug-likeness (QED) is 0.913. The molecule has 0 bridgehead atoms. The van der Waals surface area contributed by atoms with Gasteiger partial charge >= 0.3 is 0 Å². The molecular formula is C16H22Cl2N2O. The maximum absolute atomic E-state index is 12.1. The number of benzene rings is 1. The number of hydrogen-bond donors (Lipinski definition) is 1. The third-order valence-electron chi connectivity index (χ3n) is 3.70. The lowest BCUT2D eigenvalue weighted by atomic mass is 9.96. The monoisotopic (exact) mass is 328 g/mol. The first-order chi connectivity index (χ1) is 9.95. The van der Waals surface area contributed by atoms with Crippen molar-refractivity contribution >= 4 is 29.1 Å². The normalized spacial score (nSPS) is 19.8. The fourth-order valence-corrected chi connectivity index (χ4v) is 3.03. The lowest BCUT2D eigenvalue weighted by Gasteiger charge is -2.32. The third kappa shape index (κ3) is 4.87. The summed E-state index contributed by atoms with van der Waals surface area (Å²) in [6.45, 7) is 6.62. The Morgan fingerprint density at radius 3 is 2.81 bits per heavy atom. The first-order valence-electron chi connectivity index (χ1n) is 7.42. The Bertz CT molecular complexity index is 505. The van der Waals surface area contributed by atoms with E-state index in [1.54, 1.807) is 0 Å². The summed E-state index contributed by atoms with van der Waals surface area (Å²) in [5.74, 6) is 0.257. The van der Waals surface area contributed by atoms with Crippen molar-refractivity contribution < 1.29 is 4.79 Å². The van der Waals surface area contributed by atoms with Crippen LogP contribution in [0, 0.1) is 5.92 Å². The molecule has 21 heavy (non-hydrogen) atoms. The van der Waals surface area contributed by atoms with E-state index >= 15 is 0 Å². The molecule has 0 spiro atoms. The van der Waals surface area contributed by atoms with Gasteiger partial charge < -0.3 is 5.32 Å². The van der Waals surface area contributed by atoms with E-state index in [1.807, 2.05) is 32.0 Å². The van der Waals surface area contributed by atoms with Gasteiger partial charge in [-0.05, 0) is 50.9 Å². The zero-order valence-electron chi connectivity index (χ0n) is 12.5. The Hall–Kier alpha value is -0.770. The second-order valence-corrected chi connectivity index (χ2v) is 6.80. The van der Waals surface area contributed by atoms with Crippen LogP contribution >= 0.6 is 23.2 Å². The van der Waals surface area contributed by atoms with Crippen LogP contribution in [0.2, 0.25) is 10.0 Å². The molecule has 1 aliphatic rings. The molecule has 1 heterocycles. The summed E-state index contributed by atoms with van der Waals surface area (Å²) < 4.78 is 0. The molecule has 0 aromatic heterocycles. The van der Waals surface area contributed by atoms with E-state index in [-0.39, 0.29) is 17.9 Å². The fourth-order valence-electron chi connectivity index (χ4n) is 2.71. The van der Waals surface area contributed by atoms with Crippen LogP contribution in [0.1, 0.15) is 32.3 Å². The van der Waals surface area contributed by atoms with Crippen molar-refractivity contribution in [2.24, 2.45) is 5.92 Å². The molecule has 1 aromatic rings. The van der Waals surface area contributed by atoms with Gasteiger partial charge in [0.1, 0.15) is 0 Å². The van der Waals surface area contributed by atoms with Gasteiger partial charge in [-0.1, -0.05) is 29.3 Å². The zero-order chi connectivity index (χ0) is 15.4. The number of likely N-dealkylation sites (tertiary alicyclic amines) is 1. The fraction of sp³-hybridized carbons (Fsp3) is 0.562. The maximum Gasteiger partial charge on any atom is 0.224 e. The largest absolute Gasteiger partial charge is 0.354 e. The smallest absolute Gasteiger partial charge is 0.224 e. The number of nitrogens with one attached hydrogen (secondary N) is 1. The first kappa shape index (κ1) is 16.6. The van der Waals surface area contributed by atoms with Gasteiger partial charge in [-0.15, -0.1) is 0 Å². The van der Waals surface area contributed by atoms with Crippen molar-refractivity contribution in [3.8, 4) is 0 Å². The topological polar surface area (TPSA) is 32.3 Å². The minimum absolute atomic E-state index is 0.0870. The van der Waals surface area contributed by atoms with Gasteiger partial charge in [0.2, 0.25) is 5.91 Å². The molecular weight excluding hydrogens is 307 g/mol. The molecule has 0 radical (unpaired) electrons. The summed E-state index contributed by atoms with van der Waals surface area (Å²) in [4.78, 5) is 14.4. The molecule has 1 amide bonds. The molecule has 1 aliphatic heterocycles. The van der Waals surface area contributed by atoms with E-state index in [2.05, 4.69) is 10.2 Å². The van der Waals surface area contributed by atoms with Crippen LogP contribution < -0.4 is 5.32 Å². The summed E-state index contributed by atoms with van der Waals surface area (Å²) in [6, 6.07) is 5.92. The summed E-state index contributed by atoms with van der Waals surface area (Å²) in [7, 11) is 0. The maximum atomic E-state index is 12.1. The lowest BCUT2D eigenvalue weighted by molar-refractivity contribution is -0.127. The Labute approximate surface area is 136 Å². The van der Waals surface area contributed by atoms with Crippen LogP contribution in [0.4, 0.5) is 0 Å². The Morgan fingerprint density at radius 2 is 2.14 bits per heavy atom. The number of rotatable bonds is 4. The highest BCUT2D eigenvalue weighted by Crippen LogP contribution is 2.25.